The van der Waals surface area contributed by atoms with E-state index < -0.39 is 0 Å². The van der Waals surface area contributed by atoms with Crippen LogP contribution in [0.3, 0.4) is 0 Å². The number of aryl methyl sites for hydroxylation is 2. The third-order valence-electron chi connectivity index (χ3n) is 13.2. The second-order valence-electron chi connectivity index (χ2n) is 16.7. The smallest absolute Gasteiger partial charge is 0.198 e. The Hall–Kier alpha value is -7.76. The standard InChI is InChI=1S/C56H39BN4/c1-34-27-30-48(35(2)31-34)58-53-41(28-29-45-44-22-13-21-42-39-19-10-12-26-50(39)61(54(42)44)56(45)53)46-32-38(59(36-15-5-3-6-16-36)37-17-7-4-8-18-37)33-51-52(46)57-47-24-14-23-43-40-20-9-11-25-49(40)60(51)55(43)47/h3-33,57-58H,1-2H3. The molecule has 0 saturated heterocycles. The van der Waals surface area contributed by atoms with Crippen LogP contribution in [0.2, 0.25) is 0 Å². The molecule has 0 saturated carbocycles. The minimum Gasteiger partial charge on any atom is -0.353 e. The quantitative estimate of drug-likeness (QED) is 0.170. The topological polar surface area (TPSA) is 24.6 Å². The Morgan fingerprint density at radius 2 is 1.07 bits per heavy atom. The van der Waals surface area contributed by atoms with Gasteiger partial charge >= 0.3 is 0 Å². The Kier molecular flexibility index (Phi) is 7.20. The molecule has 1 aliphatic rings. The predicted octanol–water partition coefficient (Wildman–Crippen LogP) is 13.1. The average Bonchev–Trinajstić information content (AvgIpc) is 3.95. The Morgan fingerprint density at radius 1 is 0.459 bits per heavy atom. The summed E-state index contributed by atoms with van der Waals surface area (Å²) in [4.78, 5) is 2.41. The Bertz CT molecular complexity index is 3690. The van der Waals surface area contributed by atoms with Crippen LogP contribution in [0.15, 0.2) is 188 Å². The minimum absolute atomic E-state index is 0.812. The summed E-state index contributed by atoms with van der Waals surface area (Å²) in [5.41, 5.74) is 20.4. The number of hydrogen-bond acceptors (Lipinski definition) is 2. The Balaban J connectivity index is 1.20. The fourth-order valence-corrected chi connectivity index (χ4v) is 10.6. The molecule has 0 radical (unpaired) electrons. The fourth-order valence-electron chi connectivity index (χ4n) is 10.6. The zero-order valence-corrected chi connectivity index (χ0v) is 33.9. The number of hydrogen-bond donors (Lipinski definition) is 1. The molecule has 4 nitrogen and oxygen atoms in total. The summed E-state index contributed by atoms with van der Waals surface area (Å²) in [7, 11) is 0.812. The molecule has 0 aliphatic carbocycles. The SMILES string of the molecule is Cc1ccc(Nc2c(-c3cc(N(c4ccccc4)c4ccccc4)cc4c3Bc3cccc5c6ccccc6n-4c35)ccc3c4cccc5c6ccccc6n(c23)c54)c(C)c1. The van der Waals surface area contributed by atoms with Gasteiger partial charge in [0.15, 0.2) is 7.28 Å². The highest BCUT2D eigenvalue weighted by Gasteiger charge is 2.30. The van der Waals surface area contributed by atoms with Crippen molar-refractivity contribution in [3.63, 3.8) is 0 Å². The molecule has 61 heavy (non-hydrogen) atoms. The molecule has 0 bridgehead atoms. The minimum atomic E-state index is 0.812. The van der Waals surface area contributed by atoms with Crippen molar-refractivity contribution in [2.75, 3.05) is 10.2 Å². The maximum Gasteiger partial charge on any atom is 0.198 e. The third kappa shape index (κ3) is 4.89. The molecule has 0 unspecified atom stereocenters. The largest absolute Gasteiger partial charge is 0.353 e. The van der Waals surface area contributed by atoms with Gasteiger partial charge in [0.25, 0.3) is 0 Å². The van der Waals surface area contributed by atoms with Crippen molar-refractivity contribution in [3.8, 4) is 16.8 Å². The first-order valence-electron chi connectivity index (χ1n) is 21.2. The third-order valence-corrected chi connectivity index (χ3v) is 13.2. The van der Waals surface area contributed by atoms with E-state index in [9.17, 15) is 0 Å². The van der Waals surface area contributed by atoms with Crippen LogP contribution in [-0.2, 0) is 0 Å². The first-order valence-corrected chi connectivity index (χ1v) is 21.2. The zero-order chi connectivity index (χ0) is 40.3. The Labute approximate surface area is 354 Å². The summed E-state index contributed by atoms with van der Waals surface area (Å²) in [5.74, 6) is 0. The van der Waals surface area contributed by atoms with Crippen molar-refractivity contribution in [3.05, 3.63) is 199 Å². The average molecular weight is 779 g/mol. The van der Waals surface area contributed by atoms with Gasteiger partial charge in [0.1, 0.15) is 0 Å². The van der Waals surface area contributed by atoms with E-state index in [0.717, 1.165) is 35.7 Å². The summed E-state index contributed by atoms with van der Waals surface area (Å²) in [6, 6.07) is 69.4. The van der Waals surface area contributed by atoms with Gasteiger partial charge in [-0.05, 0) is 85.0 Å². The van der Waals surface area contributed by atoms with Crippen LogP contribution in [0, 0.1) is 13.8 Å². The van der Waals surface area contributed by atoms with Gasteiger partial charge in [-0.25, -0.2) is 0 Å². The lowest BCUT2D eigenvalue weighted by Gasteiger charge is -2.30. The molecule has 5 heteroatoms. The van der Waals surface area contributed by atoms with Crippen LogP contribution in [0.25, 0.3) is 76.7 Å². The van der Waals surface area contributed by atoms with Crippen LogP contribution < -0.4 is 21.1 Å². The summed E-state index contributed by atoms with van der Waals surface area (Å²) in [5, 5.41) is 11.8. The van der Waals surface area contributed by atoms with Crippen LogP contribution in [0.1, 0.15) is 11.1 Å². The molecular weight excluding hydrogens is 739 g/mol. The van der Waals surface area contributed by atoms with Gasteiger partial charge in [-0.15, -0.1) is 0 Å². The first-order chi connectivity index (χ1) is 30.1. The van der Waals surface area contributed by atoms with Gasteiger partial charge < -0.3 is 19.2 Å². The maximum atomic E-state index is 4.14. The number of nitrogens with one attached hydrogen (secondary N) is 1. The first kappa shape index (κ1) is 34.1. The van der Waals surface area contributed by atoms with Crippen LogP contribution in [0.4, 0.5) is 28.4 Å². The highest BCUT2D eigenvalue weighted by molar-refractivity contribution is 6.73. The van der Waals surface area contributed by atoms with Gasteiger partial charge in [-0.1, -0.05) is 144 Å². The van der Waals surface area contributed by atoms with Crippen molar-refractivity contribution < 1.29 is 0 Å². The molecule has 12 aromatic rings. The maximum absolute atomic E-state index is 4.14. The number of rotatable bonds is 6. The number of nitrogens with zero attached hydrogens (tertiary/aromatic N) is 3. The van der Waals surface area contributed by atoms with E-state index >= 15 is 0 Å². The van der Waals surface area contributed by atoms with Gasteiger partial charge in [-0.3, -0.25) is 0 Å². The van der Waals surface area contributed by atoms with Crippen LogP contribution in [0.5, 0.6) is 0 Å². The number of anilines is 5. The van der Waals surface area contributed by atoms with Crippen molar-refractivity contribution >= 4 is 107 Å². The van der Waals surface area contributed by atoms with E-state index in [1.54, 1.807) is 0 Å². The zero-order valence-electron chi connectivity index (χ0n) is 33.9. The molecule has 0 atom stereocenters. The number of fused-ring (bicyclic) bond motifs is 11. The molecule has 0 amide bonds. The highest BCUT2D eigenvalue weighted by Crippen LogP contribution is 2.47. The number of aromatic nitrogens is 2. The second kappa shape index (κ2) is 12.9. The van der Waals surface area contributed by atoms with E-state index in [1.165, 1.54) is 98.8 Å². The molecule has 286 valence electrons. The molecule has 1 N–H and O–H groups in total. The highest BCUT2D eigenvalue weighted by atomic mass is 15.1. The van der Waals surface area contributed by atoms with Crippen LogP contribution >= 0.6 is 0 Å². The van der Waals surface area contributed by atoms with E-state index in [4.69, 9.17) is 0 Å². The van der Waals surface area contributed by atoms with Gasteiger partial charge in [0, 0.05) is 71.8 Å². The number of para-hydroxylation sites is 6. The molecule has 1 aliphatic heterocycles. The molecule has 3 aromatic heterocycles. The van der Waals surface area contributed by atoms with Crippen molar-refractivity contribution in [1.82, 2.24) is 8.97 Å². The molecular formula is C56H39BN4. The van der Waals surface area contributed by atoms with Gasteiger partial charge in [0.05, 0.1) is 27.8 Å². The lowest BCUT2D eigenvalue weighted by Crippen LogP contribution is -2.37. The van der Waals surface area contributed by atoms with E-state index in [1.807, 2.05) is 0 Å². The van der Waals surface area contributed by atoms with Crippen molar-refractivity contribution in [1.29, 1.82) is 0 Å². The van der Waals surface area contributed by atoms with Crippen molar-refractivity contribution in [2.24, 2.45) is 0 Å². The number of benzene rings is 9. The summed E-state index contributed by atoms with van der Waals surface area (Å²) < 4.78 is 5.07. The van der Waals surface area contributed by atoms with E-state index in [-0.39, 0.29) is 0 Å². The Morgan fingerprint density at radius 3 is 1.80 bits per heavy atom. The molecule has 4 heterocycles. The van der Waals surface area contributed by atoms with E-state index in [2.05, 4.69) is 221 Å². The normalized spacial score (nSPS) is 12.2. The second-order valence-corrected chi connectivity index (χ2v) is 16.7. The summed E-state index contributed by atoms with van der Waals surface area (Å²) in [6.07, 6.45) is 0. The van der Waals surface area contributed by atoms with Crippen molar-refractivity contribution in [2.45, 2.75) is 13.8 Å². The summed E-state index contributed by atoms with van der Waals surface area (Å²) in [6.45, 7) is 4.39. The molecule has 0 spiro atoms. The van der Waals surface area contributed by atoms with Gasteiger partial charge in [0.2, 0.25) is 0 Å². The van der Waals surface area contributed by atoms with E-state index in [0.29, 0.717) is 0 Å². The molecule has 9 aromatic carbocycles. The van der Waals surface area contributed by atoms with Gasteiger partial charge in [-0.2, -0.15) is 0 Å². The predicted molar refractivity (Wildman–Crippen MR) is 261 cm³/mol. The monoisotopic (exact) mass is 778 g/mol. The lowest BCUT2D eigenvalue weighted by molar-refractivity contribution is 1.18. The fraction of sp³-hybridized carbons (Fsp3) is 0.0357. The lowest BCUT2D eigenvalue weighted by atomic mass is 9.59. The molecule has 0 fully saturated rings. The summed E-state index contributed by atoms with van der Waals surface area (Å²) >= 11 is 0. The molecule has 13 rings (SSSR count). The van der Waals surface area contributed by atoms with Crippen LogP contribution in [-0.4, -0.2) is 16.2 Å².